The first kappa shape index (κ1) is 17.3. The molecular formula is C23H26O2. The first-order valence-corrected chi connectivity index (χ1v) is 8.71. The van der Waals surface area contributed by atoms with E-state index >= 15 is 0 Å². The van der Waals surface area contributed by atoms with Crippen LogP contribution in [-0.4, -0.2) is 10.2 Å². The molecular weight excluding hydrogens is 308 g/mol. The van der Waals surface area contributed by atoms with E-state index in [1.807, 2.05) is 32.0 Å². The van der Waals surface area contributed by atoms with E-state index in [4.69, 9.17) is 0 Å². The monoisotopic (exact) mass is 334 g/mol. The predicted octanol–water partition coefficient (Wildman–Crippen LogP) is 5.76. The van der Waals surface area contributed by atoms with Crippen LogP contribution in [0.4, 0.5) is 0 Å². The van der Waals surface area contributed by atoms with Gasteiger partial charge in [0, 0.05) is 5.39 Å². The molecule has 3 rings (SSSR count). The highest BCUT2D eigenvalue weighted by Crippen LogP contribution is 2.36. The van der Waals surface area contributed by atoms with Crippen molar-refractivity contribution < 1.29 is 10.2 Å². The number of aryl methyl sites for hydroxylation is 2. The Balaban J connectivity index is 2.14. The topological polar surface area (TPSA) is 40.5 Å². The van der Waals surface area contributed by atoms with E-state index < -0.39 is 0 Å². The summed E-state index contributed by atoms with van der Waals surface area (Å²) in [4.78, 5) is 0. The average Bonchev–Trinajstić information content (AvgIpc) is 2.54. The van der Waals surface area contributed by atoms with Gasteiger partial charge in [0.1, 0.15) is 11.5 Å². The highest BCUT2D eigenvalue weighted by atomic mass is 16.3. The van der Waals surface area contributed by atoms with E-state index in [-0.39, 0.29) is 5.41 Å². The zero-order chi connectivity index (χ0) is 18.4. The Kier molecular flexibility index (Phi) is 4.24. The van der Waals surface area contributed by atoms with Crippen LogP contribution in [0.1, 0.15) is 48.6 Å². The fraction of sp³-hybridized carbons (Fsp3) is 0.304. The summed E-state index contributed by atoms with van der Waals surface area (Å²) < 4.78 is 0. The minimum absolute atomic E-state index is 0.113. The van der Waals surface area contributed by atoms with E-state index in [0.29, 0.717) is 11.5 Å². The van der Waals surface area contributed by atoms with Crippen LogP contribution in [-0.2, 0) is 11.8 Å². The third kappa shape index (κ3) is 3.21. The molecule has 0 saturated heterocycles. The zero-order valence-corrected chi connectivity index (χ0v) is 15.6. The van der Waals surface area contributed by atoms with Gasteiger partial charge in [0.25, 0.3) is 0 Å². The number of phenols is 2. The molecule has 0 saturated carbocycles. The second-order valence-corrected chi connectivity index (χ2v) is 7.98. The number of benzene rings is 3. The number of hydrogen-bond acceptors (Lipinski definition) is 2. The van der Waals surface area contributed by atoms with Gasteiger partial charge in [0.05, 0.1) is 0 Å². The summed E-state index contributed by atoms with van der Waals surface area (Å²) in [5.41, 5.74) is 5.02. The van der Waals surface area contributed by atoms with Crippen LogP contribution in [0.25, 0.3) is 10.8 Å². The Morgan fingerprint density at radius 1 is 0.800 bits per heavy atom. The molecule has 0 amide bonds. The molecule has 0 aliphatic rings. The molecule has 2 nitrogen and oxygen atoms in total. The lowest BCUT2D eigenvalue weighted by Gasteiger charge is -2.23. The molecule has 3 aromatic rings. The van der Waals surface area contributed by atoms with Crippen LogP contribution < -0.4 is 0 Å². The van der Waals surface area contributed by atoms with Gasteiger partial charge in [-0.3, -0.25) is 0 Å². The normalized spacial score (nSPS) is 11.9. The SMILES string of the molecule is Cc1cc(Cc2cc(C)c(O)c3ccccc23)cc(C(C)(C)C)c1O. The first-order valence-electron chi connectivity index (χ1n) is 8.71. The molecule has 0 aromatic heterocycles. The number of rotatable bonds is 2. The van der Waals surface area contributed by atoms with Crippen molar-refractivity contribution in [3.8, 4) is 11.5 Å². The Morgan fingerprint density at radius 2 is 1.40 bits per heavy atom. The fourth-order valence-electron chi connectivity index (χ4n) is 3.48. The first-order chi connectivity index (χ1) is 11.7. The summed E-state index contributed by atoms with van der Waals surface area (Å²) in [5.74, 6) is 0.750. The predicted molar refractivity (Wildman–Crippen MR) is 105 cm³/mol. The third-order valence-electron chi connectivity index (χ3n) is 4.86. The largest absolute Gasteiger partial charge is 0.507 e. The van der Waals surface area contributed by atoms with Crippen LogP contribution >= 0.6 is 0 Å². The van der Waals surface area contributed by atoms with Crippen LogP contribution in [0.2, 0.25) is 0 Å². The van der Waals surface area contributed by atoms with Gasteiger partial charge in [-0.15, -0.1) is 0 Å². The summed E-state index contributed by atoms with van der Waals surface area (Å²) in [6.07, 6.45) is 0.770. The van der Waals surface area contributed by atoms with Gasteiger partial charge in [-0.05, 0) is 58.9 Å². The van der Waals surface area contributed by atoms with Gasteiger partial charge in [0.2, 0.25) is 0 Å². The number of fused-ring (bicyclic) bond motifs is 1. The maximum absolute atomic E-state index is 10.4. The van der Waals surface area contributed by atoms with Crippen molar-refractivity contribution in [1.82, 2.24) is 0 Å². The molecule has 2 N–H and O–H groups in total. The van der Waals surface area contributed by atoms with Crippen LogP contribution in [0, 0.1) is 13.8 Å². The molecule has 0 fully saturated rings. The van der Waals surface area contributed by atoms with Crippen molar-refractivity contribution in [2.24, 2.45) is 0 Å². The van der Waals surface area contributed by atoms with Crippen LogP contribution in [0.3, 0.4) is 0 Å². The lowest BCUT2D eigenvalue weighted by atomic mass is 9.83. The van der Waals surface area contributed by atoms with Crippen molar-refractivity contribution in [2.45, 2.75) is 46.5 Å². The minimum atomic E-state index is -0.113. The molecule has 0 bridgehead atoms. The van der Waals surface area contributed by atoms with Crippen molar-refractivity contribution in [3.63, 3.8) is 0 Å². The maximum Gasteiger partial charge on any atom is 0.126 e. The molecule has 0 aliphatic heterocycles. The fourth-order valence-corrected chi connectivity index (χ4v) is 3.48. The Hall–Kier alpha value is -2.48. The molecule has 130 valence electrons. The smallest absolute Gasteiger partial charge is 0.126 e. The minimum Gasteiger partial charge on any atom is -0.507 e. The third-order valence-corrected chi connectivity index (χ3v) is 4.86. The molecule has 0 radical (unpaired) electrons. The second-order valence-electron chi connectivity index (χ2n) is 7.98. The van der Waals surface area contributed by atoms with Crippen LogP contribution in [0.15, 0.2) is 42.5 Å². The Bertz CT molecular complexity index is 946. The average molecular weight is 334 g/mol. The molecule has 2 heteroatoms. The number of phenolic OH excluding ortho intramolecular Hbond substituents is 2. The molecule has 0 aliphatic carbocycles. The van der Waals surface area contributed by atoms with E-state index in [2.05, 4.69) is 45.0 Å². The molecule has 25 heavy (non-hydrogen) atoms. The summed E-state index contributed by atoms with van der Waals surface area (Å²) in [6, 6.07) is 14.2. The molecule has 0 heterocycles. The van der Waals surface area contributed by atoms with Gasteiger partial charge in [0.15, 0.2) is 0 Å². The van der Waals surface area contributed by atoms with E-state index in [9.17, 15) is 10.2 Å². The van der Waals surface area contributed by atoms with Crippen LogP contribution in [0.5, 0.6) is 11.5 Å². The summed E-state index contributed by atoms with van der Waals surface area (Å²) in [7, 11) is 0. The highest BCUT2D eigenvalue weighted by Gasteiger charge is 2.20. The number of hydrogen-bond donors (Lipinski definition) is 2. The van der Waals surface area contributed by atoms with Crippen molar-refractivity contribution in [2.75, 3.05) is 0 Å². The lowest BCUT2D eigenvalue weighted by molar-refractivity contribution is 0.442. The molecule has 0 atom stereocenters. The molecule has 0 spiro atoms. The van der Waals surface area contributed by atoms with E-state index in [1.54, 1.807) is 0 Å². The lowest BCUT2D eigenvalue weighted by Crippen LogP contribution is -2.12. The van der Waals surface area contributed by atoms with Crippen molar-refractivity contribution >= 4 is 10.8 Å². The summed E-state index contributed by atoms with van der Waals surface area (Å²) >= 11 is 0. The van der Waals surface area contributed by atoms with Gasteiger partial charge >= 0.3 is 0 Å². The number of aromatic hydroxyl groups is 2. The maximum atomic E-state index is 10.4. The van der Waals surface area contributed by atoms with Crippen molar-refractivity contribution in [3.05, 3.63) is 70.3 Å². The summed E-state index contributed by atoms with van der Waals surface area (Å²) in [5, 5.41) is 22.8. The Morgan fingerprint density at radius 3 is 2.04 bits per heavy atom. The molecule has 0 unspecified atom stereocenters. The van der Waals surface area contributed by atoms with Gasteiger partial charge < -0.3 is 10.2 Å². The summed E-state index contributed by atoms with van der Waals surface area (Å²) in [6.45, 7) is 10.2. The van der Waals surface area contributed by atoms with E-state index in [0.717, 1.165) is 33.9 Å². The van der Waals surface area contributed by atoms with Gasteiger partial charge in [-0.2, -0.15) is 0 Å². The van der Waals surface area contributed by atoms with E-state index in [1.165, 1.54) is 11.1 Å². The van der Waals surface area contributed by atoms with Gasteiger partial charge in [-0.25, -0.2) is 0 Å². The highest BCUT2D eigenvalue weighted by molar-refractivity contribution is 5.92. The second kappa shape index (κ2) is 6.11. The van der Waals surface area contributed by atoms with Gasteiger partial charge in [-0.1, -0.05) is 63.2 Å². The quantitative estimate of drug-likeness (QED) is 0.626. The van der Waals surface area contributed by atoms with Crippen molar-refractivity contribution in [1.29, 1.82) is 0 Å². The standard InChI is InChI=1S/C23H26O2/c1-14-10-16(13-20(22(14)25)23(3,4)5)12-17-11-15(2)21(24)19-9-7-6-8-18(17)19/h6-11,13,24-25H,12H2,1-5H3. The molecule has 3 aromatic carbocycles. The zero-order valence-electron chi connectivity index (χ0n) is 15.6. The Labute approximate surface area is 149 Å².